The van der Waals surface area contributed by atoms with Crippen molar-refractivity contribution in [2.45, 2.75) is 12.6 Å². The van der Waals surface area contributed by atoms with Gasteiger partial charge in [-0.3, -0.25) is 0 Å². The fourth-order valence-corrected chi connectivity index (χ4v) is 0.536. The van der Waals surface area contributed by atoms with Crippen LogP contribution in [-0.4, -0.2) is 54.5 Å². The number of quaternary nitrogens is 1. The summed E-state index contributed by atoms with van der Waals surface area (Å²) in [6.45, 7) is 0.552. The number of rotatable bonds is 3. The van der Waals surface area contributed by atoms with Crippen molar-refractivity contribution in [1.29, 1.82) is 0 Å². The minimum Gasteiger partial charge on any atom is -0.412 e. The zero-order valence-electron chi connectivity index (χ0n) is 7.46. The Bertz CT molecular complexity index is 82.4. The molecule has 0 saturated heterocycles. The molecule has 7 N–H and O–H groups in total. The van der Waals surface area contributed by atoms with E-state index in [1.165, 1.54) is 0 Å². The second kappa shape index (κ2) is 6.51. The van der Waals surface area contributed by atoms with Crippen LogP contribution in [-0.2, 0) is 0 Å². The first-order valence-electron chi connectivity index (χ1n) is 3.17. The summed E-state index contributed by atoms with van der Waals surface area (Å²) in [5, 5.41) is 9.28. The topological polar surface area (TPSA) is 109 Å². The van der Waals surface area contributed by atoms with E-state index in [9.17, 15) is 5.11 Å². The molecule has 0 aromatic carbocycles. The Labute approximate surface area is 67.6 Å². The van der Waals surface area contributed by atoms with E-state index < -0.39 is 0 Å². The molecule has 0 aromatic rings. The van der Waals surface area contributed by atoms with Gasteiger partial charge < -0.3 is 26.3 Å². The third-order valence-electron chi connectivity index (χ3n) is 1.32. The second-order valence-corrected chi connectivity index (χ2v) is 3.17. The van der Waals surface area contributed by atoms with Crippen LogP contribution in [0.1, 0.15) is 6.42 Å². The van der Waals surface area contributed by atoms with Crippen LogP contribution in [0.3, 0.4) is 0 Å². The van der Waals surface area contributed by atoms with Crippen molar-refractivity contribution in [2.24, 2.45) is 5.73 Å². The van der Waals surface area contributed by atoms with Crippen molar-refractivity contribution in [2.75, 3.05) is 27.7 Å². The van der Waals surface area contributed by atoms with E-state index in [1.54, 1.807) is 0 Å². The summed E-state index contributed by atoms with van der Waals surface area (Å²) in [5.74, 6) is 0. The van der Waals surface area contributed by atoms with Crippen LogP contribution in [0.25, 0.3) is 0 Å². The number of hydrogen-bond donors (Lipinski definition) is 2. The zero-order valence-corrected chi connectivity index (χ0v) is 7.46. The maximum Gasteiger partial charge on any atom is 0.191 e. The van der Waals surface area contributed by atoms with Crippen LogP contribution in [0.4, 0.5) is 0 Å². The Kier molecular flexibility index (Phi) is 10.1. The number of hydrogen-bond acceptors (Lipinski definition) is 2. The van der Waals surface area contributed by atoms with Crippen molar-refractivity contribution in [3.8, 4) is 0 Å². The van der Waals surface area contributed by atoms with Crippen molar-refractivity contribution in [1.82, 2.24) is 0 Å². The lowest BCUT2D eigenvalue weighted by molar-refractivity contribution is -0.918. The molecule has 0 amide bonds. The Morgan fingerprint density at radius 1 is 1.27 bits per heavy atom. The predicted octanol–water partition coefficient (Wildman–Crippen LogP) is -2.29. The Morgan fingerprint density at radius 3 is 1.73 bits per heavy atom. The molecule has 0 bridgehead atoms. The average molecular weight is 169 g/mol. The van der Waals surface area contributed by atoms with Gasteiger partial charge in [0.05, 0.1) is 21.1 Å². The van der Waals surface area contributed by atoms with Crippen LogP contribution in [0, 0.1) is 0 Å². The van der Waals surface area contributed by atoms with Crippen LogP contribution < -0.4 is 5.73 Å². The van der Waals surface area contributed by atoms with E-state index in [0.717, 1.165) is 0 Å². The highest BCUT2D eigenvalue weighted by molar-refractivity contribution is 4.40. The predicted molar refractivity (Wildman–Crippen MR) is 44.9 cm³/mol. The van der Waals surface area contributed by atoms with Gasteiger partial charge in [-0.1, -0.05) is 0 Å². The zero-order chi connectivity index (χ0) is 7.49. The quantitative estimate of drug-likeness (QED) is 0.366. The van der Waals surface area contributed by atoms with Crippen molar-refractivity contribution >= 4 is 0 Å². The van der Waals surface area contributed by atoms with Gasteiger partial charge in [-0.15, -0.1) is 0 Å². The first-order chi connectivity index (χ1) is 3.98. The summed E-state index contributed by atoms with van der Waals surface area (Å²) < 4.78 is 0.567. The Morgan fingerprint density at radius 2 is 1.64 bits per heavy atom. The number of nitrogens with zero attached hydrogens (tertiary/aromatic N) is 1. The van der Waals surface area contributed by atoms with Crippen LogP contribution in [0.2, 0.25) is 0 Å². The maximum absolute atomic E-state index is 9.28. The molecule has 1 unspecified atom stereocenters. The first-order valence-corrected chi connectivity index (χ1v) is 3.17. The minimum atomic E-state index is -0.324. The van der Waals surface area contributed by atoms with Crippen LogP contribution in [0.15, 0.2) is 0 Å². The SMILES string of the molecule is C[N+](C)(C)C(O)CCN.O.O. The van der Waals surface area contributed by atoms with Gasteiger partial charge in [0.15, 0.2) is 6.23 Å². The summed E-state index contributed by atoms with van der Waals surface area (Å²) >= 11 is 0. The highest BCUT2D eigenvalue weighted by atomic mass is 16.3. The lowest BCUT2D eigenvalue weighted by Crippen LogP contribution is -2.45. The molecule has 0 radical (unpaired) electrons. The van der Waals surface area contributed by atoms with Crippen molar-refractivity contribution < 1.29 is 20.5 Å². The third-order valence-corrected chi connectivity index (χ3v) is 1.32. The molecule has 1 atom stereocenters. The summed E-state index contributed by atoms with van der Waals surface area (Å²) in [6, 6.07) is 0. The molecular weight excluding hydrogens is 148 g/mol. The normalized spacial score (nSPS) is 12.8. The molecule has 72 valence electrons. The van der Waals surface area contributed by atoms with Gasteiger partial charge in [-0.25, -0.2) is 0 Å². The molecule has 5 heteroatoms. The van der Waals surface area contributed by atoms with Gasteiger partial charge in [0.1, 0.15) is 0 Å². The monoisotopic (exact) mass is 169 g/mol. The average Bonchev–Trinajstić information content (AvgIpc) is 1.64. The third kappa shape index (κ3) is 7.70. The summed E-state index contributed by atoms with van der Waals surface area (Å²) in [6.07, 6.45) is 0.346. The van der Waals surface area contributed by atoms with Crippen molar-refractivity contribution in [3.05, 3.63) is 0 Å². The standard InChI is InChI=1S/C6H17N2O.2H2O/c1-8(2,3)6(9)4-5-7;;/h6,9H,4-5,7H2,1-3H3;2*1H2/q+1;;. The van der Waals surface area contributed by atoms with Crippen molar-refractivity contribution in [3.63, 3.8) is 0 Å². The largest absolute Gasteiger partial charge is 0.412 e. The molecule has 0 aliphatic carbocycles. The molecule has 0 fully saturated rings. The molecule has 0 spiro atoms. The fourth-order valence-electron chi connectivity index (χ4n) is 0.536. The Balaban J connectivity index is -0.000000320. The molecule has 5 nitrogen and oxygen atoms in total. The lowest BCUT2D eigenvalue weighted by atomic mass is 10.3. The van der Waals surface area contributed by atoms with Gasteiger partial charge in [0.25, 0.3) is 0 Å². The van der Waals surface area contributed by atoms with E-state index in [4.69, 9.17) is 5.73 Å². The van der Waals surface area contributed by atoms with E-state index in [1.807, 2.05) is 21.1 Å². The number of aliphatic hydroxyl groups excluding tert-OH is 1. The first kappa shape index (κ1) is 17.0. The van der Waals surface area contributed by atoms with Crippen LogP contribution in [0.5, 0.6) is 0 Å². The van der Waals surface area contributed by atoms with E-state index in [0.29, 0.717) is 17.4 Å². The minimum absolute atomic E-state index is 0. The summed E-state index contributed by atoms with van der Waals surface area (Å²) in [5.41, 5.74) is 5.26. The molecule has 0 aliphatic rings. The number of nitrogens with two attached hydrogens (primary N) is 1. The highest BCUT2D eigenvalue weighted by Crippen LogP contribution is 2.01. The maximum atomic E-state index is 9.28. The van der Waals surface area contributed by atoms with Gasteiger partial charge in [0, 0.05) is 13.0 Å². The van der Waals surface area contributed by atoms with Gasteiger partial charge in [-0.05, 0) is 0 Å². The molecular formula is C6H21N2O3+. The summed E-state index contributed by atoms with van der Waals surface area (Å²) in [7, 11) is 5.83. The lowest BCUT2D eigenvalue weighted by Gasteiger charge is -2.29. The van der Waals surface area contributed by atoms with Crippen LogP contribution >= 0.6 is 0 Å². The van der Waals surface area contributed by atoms with E-state index >= 15 is 0 Å². The van der Waals surface area contributed by atoms with Gasteiger partial charge in [-0.2, -0.15) is 0 Å². The molecule has 0 aliphatic heterocycles. The second-order valence-electron chi connectivity index (χ2n) is 3.17. The molecule has 11 heavy (non-hydrogen) atoms. The van der Waals surface area contributed by atoms with Gasteiger partial charge in [0.2, 0.25) is 0 Å². The number of aliphatic hydroxyl groups is 1. The fraction of sp³-hybridized carbons (Fsp3) is 1.00. The molecule has 0 heterocycles. The Hall–Kier alpha value is -0.200. The van der Waals surface area contributed by atoms with E-state index in [2.05, 4.69) is 0 Å². The van der Waals surface area contributed by atoms with E-state index in [-0.39, 0.29) is 17.2 Å². The molecule has 0 saturated carbocycles. The smallest absolute Gasteiger partial charge is 0.191 e. The van der Waals surface area contributed by atoms with Gasteiger partial charge >= 0.3 is 0 Å². The molecule has 0 aromatic heterocycles. The summed E-state index contributed by atoms with van der Waals surface area (Å²) in [4.78, 5) is 0. The highest BCUT2D eigenvalue weighted by Gasteiger charge is 2.18. The molecule has 0 rings (SSSR count).